The molecule has 0 aliphatic rings. The van der Waals surface area contributed by atoms with Crippen LogP contribution in [-0.2, 0) is 0 Å². The Kier molecular flexibility index (Phi) is 4.32. The minimum Gasteiger partial charge on any atom is -0.484 e. The highest BCUT2D eigenvalue weighted by molar-refractivity contribution is 5.45. The van der Waals surface area contributed by atoms with Gasteiger partial charge >= 0.3 is 5.69 Å². The van der Waals surface area contributed by atoms with E-state index in [-0.39, 0.29) is 18.0 Å². The second-order valence-electron chi connectivity index (χ2n) is 4.46. The van der Waals surface area contributed by atoms with Crippen molar-refractivity contribution in [2.45, 2.75) is 13.0 Å². The van der Waals surface area contributed by atoms with E-state index < -0.39 is 11.0 Å². The molecule has 0 radical (unpaired) electrons. The van der Waals surface area contributed by atoms with Crippen molar-refractivity contribution < 1.29 is 14.8 Å². The van der Waals surface area contributed by atoms with Crippen molar-refractivity contribution in [3.63, 3.8) is 0 Å². The summed E-state index contributed by atoms with van der Waals surface area (Å²) in [4.78, 5) is 10.3. The maximum Gasteiger partial charge on any atom is 0.310 e. The Balaban J connectivity index is 2.05. The third-order valence-electron chi connectivity index (χ3n) is 2.92. The fourth-order valence-electron chi connectivity index (χ4n) is 1.78. The van der Waals surface area contributed by atoms with Crippen LogP contribution in [0.25, 0.3) is 0 Å². The predicted molar refractivity (Wildman–Crippen MR) is 74.7 cm³/mol. The van der Waals surface area contributed by atoms with Gasteiger partial charge in [0.2, 0.25) is 0 Å². The number of aliphatic hydroxyl groups is 1. The van der Waals surface area contributed by atoms with Crippen LogP contribution in [-0.4, -0.2) is 16.6 Å². The highest BCUT2D eigenvalue weighted by Gasteiger charge is 2.15. The average molecular weight is 273 g/mol. The molecular weight excluding hydrogens is 258 g/mol. The molecule has 0 aromatic heterocycles. The molecule has 2 aromatic rings. The molecule has 0 saturated carbocycles. The van der Waals surface area contributed by atoms with Gasteiger partial charge in [0.05, 0.1) is 4.92 Å². The molecule has 1 N–H and O–H groups in total. The zero-order chi connectivity index (χ0) is 14.5. The Bertz CT molecular complexity index is 595. The van der Waals surface area contributed by atoms with Crippen molar-refractivity contribution in [2.24, 2.45) is 0 Å². The fraction of sp³-hybridized carbons (Fsp3) is 0.200. The Morgan fingerprint density at radius 3 is 2.50 bits per heavy atom. The number of para-hydroxylation sites is 2. The Morgan fingerprint density at radius 2 is 1.85 bits per heavy atom. The van der Waals surface area contributed by atoms with E-state index in [1.807, 2.05) is 31.2 Å². The van der Waals surface area contributed by atoms with Crippen LogP contribution in [0.15, 0.2) is 48.5 Å². The van der Waals surface area contributed by atoms with Crippen molar-refractivity contribution in [3.8, 4) is 5.75 Å². The van der Waals surface area contributed by atoms with Gasteiger partial charge in [0.15, 0.2) is 5.75 Å². The van der Waals surface area contributed by atoms with E-state index in [4.69, 9.17) is 4.74 Å². The van der Waals surface area contributed by atoms with Crippen molar-refractivity contribution >= 4 is 5.69 Å². The van der Waals surface area contributed by atoms with Crippen molar-refractivity contribution in [3.05, 3.63) is 69.8 Å². The van der Waals surface area contributed by atoms with E-state index in [2.05, 4.69) is 0 Å². The number of nitrogens with zero attached hydrogens (tertiary/aromatic N) is 1. The van der Waals surface area contributed by atoms with E-state index in [1.54, 1.807) is 12.1 Å². The summed E-state index contributed by atoms with van der Waals surface area (Å²) in [6.45, 7) is 1.92. The largest absolute Gasteiger partial charge is 0.484 e. The second-order valence-corrected chi connectivity index (χ2v) is 4.46. The molecule has 0 bridgehead atoms. The number of nitro groups is 1. The standard InChI is InChI=1S/C15H15NO4/c1-11-6-8-12(9-7-11)14(17)10-20-15-5-3-2-4-13(15)16(18)19/h2-9,14,17H,10H2,1H3. The van der Waals surface area contributed by atoms with E-state index in [9.17, 15) is 15.2 Å². The summed E-state index contributed by atoms with van der Waals surface area (Å²) in [5.74, 6) is 0.156. The van der Waals surface area contributed by atoms with Crippen LogP contribution < -0.4 is 4.74 Å². The van der Waals surface area contributed by atoms with Gasteiger partial charge in [-0.3, -0.25) is 10.1 Å². The van der Waals surface area contributed by atoms with Crippen LogP contribution in [0.1, 0.15) is 17.2 Å². The molecule has 0 saturated heterocycles. The molecule has 5 heteroatoms. The van der Waals surface area contributed by atoms with Crippen LogP contribution in [0.5, 0.6) is 5.75 Å². The summed E-state index contributed by atoms with van der Waals surface area (Å²) < 4.78 is 5.35. The van der Waals surface area contributed by atoms with Crippen molar-refractivity contribution in [1.29, 1.82) is 0 Å². The first-order valence-corrected chi connectivity index (χ1v) is 6.19. The molecule has 1 atom stereocenters. The normalized spacial score (nSPS) is 11.9. The SMILES string of the molecule is Cc1ccc(C(O)COc2ccccc2[N+](=O)[O-])cc1. The van der Waals surface area contributed by atoms with Crippen LogP contribution in [0, 0.1) is 17.0 Å². The first kappa shape index (κ1) is 14.0. The van der Waals surface area contributed by atoms with Gasteiger partial charge in [0.25, 0.3) is 0 Å². The van der Waals surface area contributed by atoms with Crippen molar-refractivity contribution in [1.82, 2.24) is 0 Å². The Labute approximate surface area is 116 Å². The lowest BCUT2D eigenvalue weighted by Gasteiger charge is -2.13. The number of hydrogen-bond acceptors (Lipinski definition) is 4. The number of hydrogen-bond donors (Lipinski definition) is 1. The number of ether oxygens (including phenoxy) is 1. The number of aryl methyl sites for hydroxylation is 1. The van der Waals surface area contributed by atoms with E-state index in [1.165, 1.54) is 12.1 Å². The zero-order valence-electron chi connectivity index (χ0n) is 11.0. The number of nitro benzene ring substituents is 1. The molecule has 2 aromatic carbocycles. The zero-order valence-corrected chi connectivity index (χ0v) is 11.0. The molecule has 0 heterocycles. The molecular formula is C15H15NO4. The van der Waals surface area contributed by atoms with E-state index in [0.29, 0.717) is 5.56 Å². The van der Waals surface area contributed by atoms with Gasteiger partial charge in [-0.25, -0.2) is 0 Å². The minimum absolute atomic E-state index is 0.0338. The summed E-state index contributed by atoms with van der Waals surface area (Å²) in [6.07, 6.45) is -0.824. The molecule has 2 rings (SSSR count). The maximum atomic E-state index is 10.8. The summed E-state index contributed by atoms with van der Waals surface area (Å²) in [5.41, 5.74) is 1.71. The maximum absolute atomic E-state index is 10.8. The molecule has 20 heavy (non-hydrogen) atoms. The minimum atomic E-state index is -0.824. The van der Waals surface area contributed by atoms with E-state index >= 15 is 0 Å². The average Bonchev–Trinajstić information content (AvgIpc) is 2.45. The number of benzene rings is 2. The molecule has 104 valence electrons. The van der Waals surface area contributed by atoms with Gasteiger partial charge in [-0.05, 0) is 18.6 Å². The Morgan fingerprint density at radius 1 is 1.20 bits per heavy atom. The van der Waals surface area contributed by atoms with Gasteiger partial charge in [-0.1, -0.05) is 42.0 Å². The molecule has 0 spiro atoms. The van der Waals surface area contributed by atoms with Crippen LogP contribution in [0.2, 0.25) is 0 Å². The first-order chi connectivity index (χ1) is 9.58. The van der Waals surface area contributed by atoms with Crippen molar-refractivity contribution in [2.75, 3.05) is 6.61 Å². The fourth-order valence-corrected chi connectivity index (χ4v) is 1.78. The van der Waals surface area contributed by atoms with Crippen LogP contribution >= 0.6 is 0 Å². The predicted octanol–water partition coefficient (Wildman–Crippen LogP) is 3.02. The second kappa shape index (κ2) is 6.16. The highest BCUT2D eigenvalue weighted by atomic mass is 16.6. The molecule has 0 aliphatic carbocycles. The Hall–Kier alpha value is -2.40. The third-order valence-corrected chi connectivity index (χ3v) is 2.92. The number of rotatable bonds is 5. The third kappa shape index (κ3) is 3.33. The summed E-state index contributed by atoms with van der Waals surface area (Å²) >= 11 is 0. The van der Waals surface area contributed by atoms with Gasteiger partial charge in [-0.2, -0.15) is 0 Å². The van der Waals surface area contributed by atoms with Gasteiger partial charge in [0.1, 0.15) is 12.7 Å². The topological polar surface area (TPSA) is 72.6 Å². The molecule has 0 amide bonds. The lowest BCUT2D eigenvalue weighted by Crippen LogP contribution is -2.10. The highest BCUT2D eigenvalue weighted by Crippen LogP contribution is 2.27. The quantitative estimate of drug-likeness (QED) is 0.671. The molecule has 1 unspecified atom stereocenters. The van der Waals surface area contributed by atoms with E-state index in [0.717, 1.165) is 5.56 Å². The summed E-state index contributed by atoms with van der Waals surface area (Å²) in [5, 5.41) is 20.8. The smallest absolute Gasteiger partial charge is 0.310 e. The van der Waals surface area contributed by atoms with Crippen LogP contribution in [0.4, 0.5) is 5.69 Å². The lowest BCUT2D eigenvalue weighted by atomic mass is 10.1. The summed E-state index contributed by atoms with van der Waals surface area (Å²) in [7, 11) is 0. The summed E-state index contributed by atoms with van der Waals surface area (Å²) in [6, 6.07) is 13.5. The molecule has 0 fully saturated rings. The van der Waals surface area contributed by atoms with Gasteiger partial charge in [0, 0.05) is 6.07 Å². The molecule has 5 nitrogen and oxygen atoms in total. The molecule has 0 aliphatic heterocycles. The first-order valence-electron chi connectivity index (χ1n) is 6.19. The van der Waals surface area contributed by atoms with Gasteiger partial charge < -0.3 is 9.84 Å². The lowest BCUT2D eigenvalue weighted by molar-refractivity contribution is -0.385. The van der Waals surface area contributed by atoms with Gasteiger partial charge in [-0.15, -0.1) is 0 Å². The number of aliphatic hydroxyl groups excluding tert-OH is 1. The van der Waals surface area contributed by atoms with Crippen LogP contribution in [0.3, 0.4) is 0 Å². The monoisotopic (exact) mass is 273 g/mol.